The minimum absolute atomic E-state index is 0.659. The van der Waals surface area contributed by atoms with E-state index >= 15 is 0 Å². The average molecular weight is 226 g/mol. The lowest BCUT2D eigenvalue weighted by Crippen LogP contribution is -2.43. The Balaban J connectivity index is 2.24. The highest BCUT2D eigenvalue weighted by Crippen LogP contribution is 2.19. The SMILES string of the molecule is CCCNC(C)CC(C)N1CCCC(C)C1. The van der Waals surface area contributed by atoms with Gasteiger partial charge in [0.25, 0.3) is 0 Å². The third-order valence-electron chi connectivity index (χ3n) is 3.75. The molecule has 0 saturated carbocycles. The molecule has 0 spiro atoms. The summed E-state index contributed by atoms with van der Waals surface area (Å²) < 4.78 is 0. The Kier molecular flexibility index (Phi) is 6.37. The first-order chi connectivity index (χ1) is 7.63. The molecule has 1 N–H and O–H groups in total. The number of nitrogens with zero attached hydrogens (tertiary/aromatic N) is 1. The lowest BCUT2D eigenvalue weighted by Gasteiger charge is -2.36. The van der Waals surface area contributed by atoms with Gasteiger partial charge in [0.2, 0.25) is 0 Å². The first-order valence-electron chi connectivity index (χ1n) is 7.11. The standard InChI is InChI=1S/C14H30N2/c1-5-8-15-13(3)10-14(4)16-9-6-7-12(2)11-16/h12-15H,5-11H2,1-4H3. The molecule has 0 radical (unpaired) electrons. The number of piperidine rings is 1. The lowest BCUT2D eigenvalue weighted by atomic mass is 9.97. The van der Waals surface area contributed by atoms with E-state index in [9.17, 15) is 0 Å². The molecule has 0 aromatic rings. The highest BCUT2D eigenvalue weighted by molar-refractivity contribution is 4.77. The zero-order chi connectivity index (χ0) is 12.0. The van der Waals surface area contributed by atoms with Crippen LogP contribution in [0.4, 0.5) is 0 Å². The summed E-state index contributed by atoms with van der Waals surface area (Å²) in [6, 6.07) is 1.40. The third kappa shape index (κ3) is 4.84. The van der Waals surface area contributed by atoms with E-state index in [4.69, 9.17) is 0 Å². The molecule has 2 heteroatoms. The van der Waals surface area contributed by atoms with Gasteiger partial charge in [0.05, 0.1) is 0 Å². The molecule has 3 atom stereocenters. The molecule has 0 bridgehead atoms. The summed E-state index contributed by atoms with van der Waals surface area (Å²) in [4.78, 5) is 2.68. The van der Waals surface area contributed by atoms with Crippen LogP contribution in [0, 0.1) is 5.92 Å². The van der Waals surface area contributed by atoms with Gasteiger partial charge in [-0.25, -0.2) is 0 Å². The Bertz CT molecular complexity index is 182. The van der Waals surface area contributed by atoms with Gasteiger partial charge in [0.15, 0.2) is 0 Å². The minimum atomic E-state index is 0.659. The number of rotatable bonds is 6. The Morgan fingerprint density at radius 3 is 2.75 bits per heavy atom. The first-order valence-corrected chi connectivity index (χ1v) is 7.11. The van der Waals surface area contributed by atoms with Crippen molar-refractivity contribution in [2.45, 2.75) is 65.5 Å². The molecule has 0 aromatic carbocycles. The Morgan fingerprint density at radius 2 is 2.12 bits per heavy atom. The Morgan fingerprint density at radius 1 is 1.38 bits per heavy atom. The largest absolute Gasteiger partial charge is 0.314 e. The van der Waals surface area contributed by atoms with Gasteiger partial charge in [-0.05, 0) is 58.5 Å². The zero-order valence-corrected chi connectivity index (χ0v) is 11.6. The van der Waals surface area contributed by atoms with E-state index in [1.54, 1.807) is 0 Å². The number of likely N-dealkylation sites (tertiary alicyclic amines) is 1. The van der Waals surface area contributed by atoms with Gasteiger partial charge in [-0.15, -0.1) is 0 Å². The summed E-state index contributed by atoms with van der Waals surface area (Å²) in [5.41, 5.74) is 0. The van der Waals surface area contributed by atoms with E-state index in [1.807, 2.05) is 0 Å². The fourth-order valence-electron chi connectivity index (χ4n) is 2.76. The monoisotopic (exact) mass is 226 g/mol. The first kappa shape index (κ1) is 14.0. The average Bonchev–Trinajstić information content (AvgIpc) is 2.26. The Labute approximate surface area is 102 Å². The molecule has 1 fully saturated rings. The van der Waals surface area contributed by atoms with E-state index in [-0.39, 0.29) is 0 Å². The second-order valence-corrected chi connectivity index (χ2v) is 5.68. The molecule has 2 nitrogen and oxygen atoms in total. The van der Waals surface area contributed by atoms with E-state index < -0.39 is 0 Å². The van der Waals surface area contributed by atoms with Crippen molar-refractivity contribution in [1.82, 2.24) is 10.2 Å². The van der Waals surface area contributed by atoms with E-state index in [0.717, 1.165) is 18.5 Å². The molecule has 0 aliphatic carbocycles. The fraction of sp³-hybridized carbons (Fsp3) is 1.00. The smallest absolute Gasteiger partial charge is 0.00817 e. The molecule has 1 aliphatic rings. The lowest BCUT2D eigenvalue weighted by molar-refractivity contribution is 0.127. The topological polar surface area (TPSA) is 15.3 Å². The van der Waals surface area contributed by atoms with Crippen LogP contribution < -0.4 is 5.32 Å². The molecular formula is C14H30N2. The molecule has 16 heavy (non-hydrogen) atoms. The summed E-state index contributed by atoms with van der Waals surface area (Å²) in [6.07, 6.45) is 5.33. The van der Waals surface area contributed by atoms with Gasteiger partial charge >= 0.3 is 0 Å². The molecule has 3 unspecified atom stereocenters. The quantitative estimate of drug-likeness (QED) is 0.749. The van der Waals surface area contributed by atoms with Crippen LogP contribution in [0.15, 0.2) is 0 Å². The van der Waals surface area contributed by atoms with Crippen LogP contribution in [0.3, 0.4) is 0 Å². The summed E-state index contributed by atoms with van der Waals surface area (Å²) in [7, 11) is 0. The number of nitrogens with one attached hydrogen (secondary N) is 1. The van der Waals surface area contributed by atoms with Crippen molar-refractivity contribution in [3.05, 3.63) is 0 Å². The second kappa shape index (κ2) is 7.29. The van der Waals surface area contributed by atoms with Gasteiger partial charge in [0.1, 0.15) is 0 Å². The number of hydrogen-bond acceptors (Lipinski definition) is 2. The molecule has 0 amide bonds. The summed E-state index contributed by atoms with van der Waals surface area (Å²) >= 11 is 0. The van der Waals surface area contributed by atoms with Crippen molar-refractivity contribution in [3.8, 4) is 0 Å². The van der Waals surface area contributed by atoms with Crippen LogP contribution in [0.25, 0.3) is 0 Å². The van der Waals surface area contributed by atoms with Crippen LogP contribution in [0.5, 0.6) is 0 Å². The maximum absolute atomic E-state index is 3.59. The molecule has 1 heterocycles. The zero-order valence-electron chi connectivity index (χ0n) is 11.6. The van der Waals surface area contributed by atoms with Crippen molar-refractivity contribution in [3.63, 3.8) is 0 Å². The molecule has 0 aromatic heterocycles. The van der Waals surface area contributed by atoms with E-state index in [1.165, 1.54) is 38.8 Å². The minimum Gasteiger partial charge on any atom is -0.314 e. The highest BCUT2D eigenvalue weighted by Gasteiger charge is 2.21. The van der Waals surface area contributed by atoms with Gasteiger partial charge in [-0.1, -0.05) is 13.8 Å². The summed E-state index contributed by atoms with van der Waals surface area (Å²) in [5.74, 6) is 0.898. The van der Waals surface area contributed by atoms with Crippen molar-refractivity contribution in [2.75, 3.05) is 19.6 Å². The molecular weight excluding hydrogens is 196 g/mol. The van der Waals surface area contributed by atoms with Crippen LogP contribution in [0.2, 0.25) is 0 Å². The maximum Gasteiger partial charge on any atom is 0.00817 e. The van der Waals surface area contributed by atoms with Crippen molar-refractivity contribution in [1.29, 1.82) is 0 Å². The Hall–Kier alpha value is -0.0800. The van der Waals surface area contributed by atoms with Crippen LogP contribution >= 0.6 is 0 Å². The predicted octanol–water partition coefficient (Wildman–Crippen LogP) is 2.89. The number of hydrogen-bond donors (Lipinski definition) is 1. The van der Waals surface area contributed by atoms with Gasteiger partial charge in [-0.3, -0.25) is 0 Å². The van der Waals surface area contributed by atoms with Gasteiger partial charge in [-0.2, -0.15) is 0 Å². The third-order valence-corrected chi connectivity index (χ3v) is 3.75. The van der Waals surface area contributed by atoms with Gasteiger partial charge in [0, 0.05) is 18.6 Å². The highest BCUT2D eigenvalue weighted by atomic mass is 15.2. The molecule has 1 saturated heterocycles. The van der Waals surface area contributed by atoms with Crippen molar-refractivity contribution < 1.29 is 0 Å². The molecule has 1 aliphatic heterocycles. The summed E-state index contributed by atoms with van der Waals surface area (Å²) in [5, 5.41) is 3.59. The normalized spacial score (nSPS) is 26.6. The summed E-state index contributed by atoms with van der Waals surface area (Å²) in [6.45, 7) is 13.1. The maximum atomic E-state index is 3.59. The molecule has 1 rings (SSSR count). The molecule has 96 valence electrons. The van der Waals surface area contributed by atoms with Crippen LogP contribution in [-0.4, -0.2) is 36.6 Å². The van der Waals surface area contributed by atoms with Gasteiger partial charge < -0.3 is 10.2 Å². The fourth-order valence-corrected chi connectivity index (χ4v) is 2.76. The van der Waals surface area contributed by atoms with Crippen LogP contribution in [-0.2, 0) is 0 Å². The predicted molar refractivity (Wildman–Crippen MR) is 71.8 cm³/mol. The van der Waals surface area contributed by atoms with E-state index in [0.29, 0.717) is 6.04 Å². The van der Waals surface area contributed by atoms with E-state index in [2.05, 4.69) is 37.9 Å². The van der Waals surface area contributed by atoms with Crippen molar-refractivity contribution >= 4 is 0 Å². The van der Waals surface area contributed by atoms with Crippen LogP contribution in [0.1, 0.15) is 53.4 Å². The second-order valence-electron chi connectivity index (χ2n) is 5.68. The van der Waals surface area contributed by atoms with Crippen molar-refractivity contribution in [2.24, 2.45) is 5.92 Å².